The van der Waals surface area contributed by atoms with E-state index in [0.29, 0.717) is 11.4 Å². The molecule has 1 rings (SSSR count). The van der Waals surface area contributed by atoms with E-state index in [2.05, 4.69) is 4.98 Å². The van der Waals surface area contributed by atoms with Crippen LogP contribution in [0.15, 0.2) is 18.3 Å². The molecule has 4 nitrogen and oxygen atoms in total. The van der Waals surface area contributed by atoms with Crippen molar-refractivity contribution in [2.24, 2.45) is 0 Å². The topological polar surface area (TPSA) is 62.6 Å². The number of rotatable bonds is 3. The number of hydrogen-bond donors (Lipinski definition) is 2. The van der Waals surface area contributed by atoms with Crippen LogP contribution in [0, 0.1) is 0 Å². The van der Waals surface area contributed by atoms with Gasteiger partial charge in [0.05, 0.1) is 12.7 Å². The van der Waals surface area contributed by atoms with Gasteiger partial charge in [-0.05, 0) is 19.9 Å². The lowest BCUT2D eigenvalue weighted by atomic mass is 9.96. The van der Waals surface area contributed by atoms with Crippen molar-refractivity contribution in [3.05, 3.63) is 23.9 Å². The number of hydrogen-bond acceptors (Lipinski definition) is 4. The van der Waals surface area contributed by atoms with Crippen molar-refractivity contribution >= 4 is 0 Å². The van der Waals surface area contributed by atoms with Crippen molar-refractivity contribution in [2.75, 3.05) is 7.11 Å². The molecule has 1 atom stereocenters. The van der Waals surface area contributed by atoms with Gasteiger partial charge < -0.3 is 14.9 Å². The fourth-order valence-electron chi connectivity index (χ4n) is 1.08. The quantitative estimate of drug-likeness (QED) is 0.755. The maximum Gasteiger partial charge on any atom is 0.212 e. The first-order valence-electron chi connectivity index (χ1n) is 4.35. The van der Waals surface area contributed by atoms with Crippen molar-refractivity contribution in [1.82, 2.24) is 4.98 Å². The number of aromatic nitrogens is 1. The molecule has 0 saturated carbocycles. The van der Waals surface area contributed by atoms with Crippen molar-refractivity contribution in [2.45, 2.75) is 25.6 Å². The minimum Gasteiger partial charge on any atom is -0.481 e. The van der Waals surface area contributed by atoms with E-state index in [1.807, 2.05) is 0 Å². The molecule has 0 fully saturated rings. The number of pyridine rings is 1. The Hall–Kier alpha value is -1.13. The minimum atomic E-state index is -1.17. The lowest BCUT2D eigenvalue weighted by Gasteiger charge is -2.24. The van der Waals surface area contributed by atoms with Crippen LogP contribution in [0.25, 0.3) is 0 Å². The Morgan fingerprint density at radius 3 is 2.43 bits per heavy atom. The Kier molecular flexibility index (Phi) is 3.08. The van der Waals surface area contributed by atoms with E-state index >= 15 is 0 Å². The fraction of sp³-hybridized carbons (Fsp3) is 0.500. The summed E-state index contributed by atoms with van der Waals surface area (Å²) in [5.74, 6) is 0.483. The molecule has 1 unspecified atom stereocenters. The highest BCUT2D eigenvalue weighted by atomic mass is 16.5. The van der Waals surface area contributed by atoms with E-state index in [1.54, 1.807) is 26.0 Å². The monoisotopic (exact) mass is 197 g/mol. The Bertz CT molecular complexity index is 289. The summed E-state index contributed by atoms with van der Waals surface area (Å²) in [6.45, 7) is 3.09. The summed E-state index contributed by atoms with van der Waals surface area (Å²) < 4.78 is 4.88. The Labute approximate surface area is 83.2 Å². The molecule has 0 bridgehead atoms. The third kappa shape index (κ3) is 2.43. The fourth-order valence-corrected chi connectivity index (χ4v) is 1.08. The number of aliphatic hydroxyl groups excluding tert-OH is 1. The van der Waals surface area contributed by atoms with Gasteiger partial charge in [-0.25, -0.2) is 4.98 Å². The molecule has 0 aromatic carbocycles. The molecule has 14 heavy (non-hydrogen) atoms. The molecule has 2 N–H and O–H groups in total. The van der Waals surface area contributed by atoms with Crippen LogP contribution in [0.4, 0.5) is 0 Å². The van der Waals surface area contributed by atoms with Crippen LogP contribution in [0.5, 0.6) is 5.88 Å². The maximum atomic E-state index is 9.69. The first-order valence-corrected chi connectivity index (χ1v) is 4.35. The average Bonchev–Trinajstić information content (AvgIpc) is 2.15. The molecule has 78 valence electrons. The summed E-state index contributed by atoms with van der Waals surface area (Å²) in [4.78, 5) is 3.94. The molecular formula is C10H15NO3. The number of ether oxygens (including phenoxy) is 1. The highest BCUT2D eigenvalue weighted by Gasteiger charge is 2.26. The van der Waals surface area contributed by atoms with Crippen LogP contribution in [0.3, 0.4) is 0 Å². The van der Waals surface area contributed by atoms with Gasteiger partial charge in [0.15, 0.2) is 0 Å². The summed E-state index contributed by atoms with van der Waals surface area (Å²) in [5, 5.41) is 19.2. The lowest BCUT2D eigenvalue weighted by molar-refractivity contribution is -0.0498. The SMILES string of the molecule is COc1ccc(C(O)C(C)(C)O)cn1. The lowest BCUT2D eigenvalue weighted by Crippen LogP contribution is -2.28. The van der Waals surface area contributed by atoms with Gasteiger partial charge >= 0.3 is 0 Å². The molecule has 0 radical (unpaired) electrons. The first kappa shape index (κ1) is 10.9. The van der Waals surface area contributed by atoms with E-state index in [0.717, 1.165) is 0 Å². The molecular weight excluding hydrogens is 182 g/mol. The third-order valence-corrected chi connectivity index (χ3v) is 1.95. The highest BCUT2D eigenvalue weighted by Crippen LogP contribution is 2.25. The summed E-state index contributed by atoms with van der Waals surface area (Å²) in [7, 11) is 1.52. The molecule has 4 heteroatoms. The Morgan fingerprint density at radius 1 is 1.43 bits per heavy atom. The van der Waals surface area contributed by atoms with Crippen LogP contribution >= 0.6 is 0 Å². The molecule has 0 amide bonds. The molecule has 1 heterocycles. The van der Waals surface area contributed by atoms with Crippen molar-refractivity contribution < 1.29 is 14.9 Å². The van der Waals surface area contributed by atoms with Crippen molar-refractivity contribution in [3.63, 3.8) is 0 Å². The summed E-state index contributed by atoms with van der Waals surface area (Å²) in [5.41, 5.74) is -0.602. The predicted molar refractivity (Wildman–Crippen MR) is 52.0 cm³/mol. The molecule has 0 aliphatic heterocycles. The van der Waals surface area contributed by atoms with Gasteiger partial charge in [-0.3, -0.25) is 0 Å². The van der Waals surface area contributed by atoms with Crippen LogP contribution in [-0.2, 0) is 0 Å². The molecule has 0 aliphatic carbocycles. The molecule has 1 aromatic rings. The van der Waals surface area contributed by atoms with Gasteiger partial charge in [0.1, 0.15) is 6.10 Å². The normalized spacial score (nSPS) is 13.8. The third-order valence-electron chi connectivity index (χ3n) is 1.95. The number of nitrogens with zero attached hydrogens (tertiary/aromatic N) is 1. The predicted octanol–water partition coefficient (Wildman–Crippen LogP) is 0.894. The highest BCUT2D eigenvalue weighted by molar-refractivity contribution is 5.21. The first-order chi connectivity index (χ1) is 6.45. The Morgan fingerprint density at radius 2 is 2.07 bits per heavy atom. The maximum absolute atomic E-state index is 9.69. The van der Waals surface area contributed by atoms with E-state index in [9.17, 15) is 10.2 Å². The van der Waals surface area contributed by atoms with Gasteiger partial charge in [-0.1, -0.05) is 0 Å². The van der Waals surface area contributed by atoms with Crippen LogP contribution < -0.4 is 4.74 Å². The second kappa shape index (κ2) is 3.94. The second-order valence-corrected chi connectivity index (χ2v) is 3.69. The van der Waals surface area contributed by atoms with Crippen molar-refractivity contribution in [1.29, 1.82) is 0 Å². The van der Waals surface area contributed by atoms with Gasteiger partial charge in [0.2, 0.25) is 5.88 Å². The van der Waals surface area contributed by atoms with E-state index in [1.165, 1.54) is 13.3 Å². The number of aliphatic hydroxyl groups is 2. The van der Waals surface area contributed by atoms with Gasteiger partial charge in [-0.15, -0.1) is 0 Å². The van der Waals surface area contributed by atoms with E-state index in [-0.39, 0.29) is 0 Å². The van der Waals surface area contributed by atoms with Gasteiger partial charge in [-0.2, -0.15) is 0 Å². The van der Waals surface area contributed by atoms with Crippen molar-refractivity contribution in [3.8, 4) is 5.88 Å². The van der Waals surface area contributed by atoms with Gasteiger partial charge in [0.25, 0.3) is 0 Å². The molecule has 0 saturated heterocycles. The summed E-state index contributed by atoms with van der Waals surface area (Å²) >= 11 is 0. The van der Waals surface area contributed by atoms with Gasteiger partial charge in [0, 0.05) is 17.8 Å². The van der Waals surface area contributed by atoms with Crippen LogP contribution in [0.2, 0.25) is 0 Å². The molecule has 1 aromatic heterocycles. The average molecular weight is 197 g/mol. The zero-order valence-corrected chi connectivity index (χ0v) is 8.56. The smallest absolute Gasteiger partial charge is 0.212 e. The zero-order valence-electron chi connectivity index (χ0n) is 8.56. The second-order valence-electron chi connectivity index (χ2n) is 3.69. The largest absolute Gasteiger partial charge is 0.481 e. The van der Waals surface area contributed by atoms with E-state index in [4.69, 9.17) is 4.74 Å². The van der Waals surface area contributed by atoms with Crippen LogP contribution in [-0.4, -0.2) is 27.9 Å². The van der Waals surface area contributed by atoms with E-state index < -0.39 is 11.7 Å². The molecule has 0 spiro atoms. The number of methoxy groups -OCH3 is 1. The zero-order chi connectivity index (χ0) is 10.8. The standard InChI is InChI=1S/C10H15NO3/c1-10(2,13)9(12)7-4-5-8(14-3)11-6-7/h4-6,9,12-13H,1-3H3. The van der Waals surface area contributed by atoms with Crippen LogP contribution in [0.1, 0.15) is 25.5 Å². The minimum absolute atomic E-state index is 0.483. The summed E-state index contributed by atoms with van der Waals surface area (Å²) in [6, 6.07) is 3.32. The molecule has 0 aliphatic rings. The summed E-state index contributed by atoms with van der Waals surface area (Å²) in [6.07, 6.45) is 0.544. The Balaban J connectivity index is 2.87.